The van der Waals surface area contributed by atoms with E-state index in [-0.39, 0.29) is 22.3 Å². The fraction of sp³-hybridized carbons (Fsp3) is 0.462. The van der Waals surface area contributed by atoms with Crippen LogP contribution in [0.5, 0.6) is 5.75 Å². The predicted molar refractivity (Wildman–Crippen MR) is 72.5 cm³/mol. The van der Waals surface area contributed by atoms with Crippen molar-refractivity contribution in [1.82, 2.24) is 4.72 Å². The highest BCUT2D eigenvalue weighted by molar-refractivity contribution is 7.89. The highest BCUT2D eigenvalue weighted by Crippen LogP contribution is 2.34. The number of hydrogen-bond donors (Lipinski definition) is 2. The first-order chi connectivity index (χ1) is 9.39. The normalized spacial score (nSPS) is 21.5. The largest absolute Gasteiger partial charge is 0.496 e. The minimum absolute atomic E-state index is 0.0413. The summed E-state index contributed by atoms with van der Waals surface area (Å²) in [6, 6.07) is 3.77. The van der Waals surface area contributed by atoms with E-state index in [4.69, 9.17) is 9.84 Å². The maximum atomic E-state index is 12.2. The molecule has 0 heterocycles. The van der Waals surface area contributed by atoms with E-state index in [2.05, 4.69) is 4.72 Å². The summed E-state index contributed by atoms with van der Waals surface area (Å²) in [5.41, 5.74) is -0.168. The summed E-state index contributed by atoms with van der Waals surface area (Å²) in [6.07, 6.45) is 1.76. The van der Waals surface area contributed by atoms with Crippen LogP contribution in [0.1, 0.15) is 30.1 Å². The molecule has 0 aliphatic heterocycles. The van der Waals surface area contributed by atoms with Crippen LogP contribution in [-0.2, 0) is 10.0 Å². The number of nitrogens with one attached hydrogen (secondary N) is 1. The summed E-state index contributed by atoms with van der Waals surface area (Å²) >= 11 is 0. The molecule has 2 rings (SSSR count). The molecule has 2 N–H and O–H groups in total. The van der Waals surface area contributed by atoms with Gasteiger partial charge < -0.3 is 9.84 Å². The zero-order valence-corrected chi connectivity index (χ0v) is 12.1. The molecule has 20 heavy (non-hydrogen) atoms. The molecule has 0 bridgehead atoms. The van der Waals surface area contributed by atoms with Crippen LogP contribution in [0, 0.1) is 5.92 Å². The number of ether oxygens (including phenoxy) is 1. The standard InChI is InChI=1S/C13H17NO5S/c1-3-8-6-11(8)14-20(17,18)9-4-5-12(19-2)10(7-9)13(15)16/h4-5,7-8,11,14H,3,6H2,1-2H3,(H,15,16). The molecule has 2 atom stereocenters. The first-order valence-electron chi connectivity index (χ1n) is 6.32. The molecule has 1 aliphatic rings. The Hall–Kier alpha value is -1.60. The first-order valence-corrected chi connectivity index (χ1v) is 7.81. The Morgan fingerprint density at radius 3 is 2.70 bits per heavy atom. The van der Waals surface area contributed by atoms with Crippen LogP contribution in [0.3, 0.4) is 0 Å². The van der Waals surface area contributed by atoms with E-state index in [1.807, 2.05) is 6.92 Å². The number of carboxylic acids is 1. The number of aromatic carboxylic acids is 1. The lowest BCUT2D eigenvalue weighted by molar-refractivity contribution is 0.0693. The molecular weight excluding hydrogens is 282 g/mol. The maximum absolute atomic E-state index is 12.2. The number of benzene rings is 1. The van der Waals surface area contributed by atoms with Crippen LogP contribution in [0.15, 0.2) is 23.1 Å². The third-order valence-corrected chi connectivity index (χ3v) is 4.95. The summed E-state index contributed by atoms with van der Waals surface area (Å²) in [5.74, 6) is -0.715. The zero-order valence-electron chi connectivity index (χ0n) is 11.3. The molecule has 2 unspecified atom stereocenters. The molecule has 0 amide bonds. The van der Waals surface area contributed by atoms with E-state index in [9.17, 15) is 13.2 Å². The van der Waals surface area contributed by atoms with Crippen molar-refractivity contribution in [3.05, 3.63) is 23.8 Å². The highest BCUT2D eigenvalue weighted by Gasteiger charge is 2.38. The molecule has 110 valence electrons. The van der Waals surface area contributed by atoms with Crippen LogP contribution >= 0.6 is 0 Å². The fourth-order valence-corrected chi connectivity index (χ4v) is 3.48. The van der Waals surface area contributed by atoms with Crippen LogP contribution in [0.2, 0.25) is 0 Å². The van der Waals surface area contributed by atoms with Crippen molar-refractivity contribution in [2.24, 2.45) is 5.92 Å². The molecule has 1 aromatic carbocycles. The van der Waals surface area contributed by atoms with Gasteiger partial charge in [0.15, 0.2) is 0 Å². The minimum Gasteiger partial charge on any atom is -0.496 e. The molecule has 7 heteroatoms. The Kier molecular flexibility index (Phi) is 4.01. The lowest BCUT2D eigenvalue weighted by Crippen LogP contribution is -2.27. The second-order valence-corrected chi connectivity index (χ2v) is 6.51. The number of sulfonamides is 1. The van der Waals surface area contributed by atoms with Gasteiger partial charge in [-0.2, -0.15) is 0 Å². The van der Waals surface area contributed by atoms with Crippen molar-refractivity contribution >= 4 is 16.0 Å². The highest BCUT2D eigenvalue weighted by atomic mass is 32.2. The van der Waals surface area contributed by atoms with Crippen molar-refractivity contribution < 1.29 is 23.1 Å². The van der Waals surface area contributed by atoms with Crippen molar-refractivity contribution in [2.75, 3.05) is 7.11 Å². The molecular formula is C13H17NO5S. The average molecular weight is 299 g/mol. The third kappa shape index (κ3) is 2.94. The van der Waals surface area contributed by atoms with E-state index in [1.165, 1.54) is 19.2 Å². The van der Waals surface area contributed by atoms with Gasteiger partial charge in [0, 0.05) is 6.04 Å². The van der Waals surface area contributed by atoms with E-state index in [0.717, 1.165) is 18.9 Å². The summed E-state index contributed by atoms with van der Waals surface area (Å²) in [5, 5.41) is 9.07. The van der Waals surface area contributed by atoms with E-state index in [1.54, 1.807) is 0 Å². The van der Waals surface area contributed by atoms with Crippen molar-refractivity contribution in [3.8, 4) is 5.75 Å². The number of carbonyl (C=O) groups is 1. The minimum atomic E-state index is -3.69. The predicted octanol–water partition coefficient (Wildman–Crippen LogP) is 1.47. The molecule has 0 spiro atoms. The lowest BCUT2D eigenvalue weighted by Gasteiger charge is -2.09. The van der Waals surface area contributed by atoms with Gasteiger partial charge in [0.05, 0.1) is 12.0 Å². The average Bonchev–Trinajstić information content (AvgIpc) is 3.15. The molecule has 1 fully saturated rings. The summed E-state index contributed by atoms with van der Waals surface area (Å²) < 4.78 is 31.8. The van der Waals surface area contributed by atoms with Crippen LogP contribution in [0.25, 0.3) is 0 Å². The summed E-state index contributed by atoms with van der Waals surface area (Å²) in [7, 11) is -2.35. The number of hydrogen-bond acceptors (Lipinski definition) is 4. The fourth-order valence-electron chi connectivity index (χ4n) is 2.13. The van der Waals surface area contributed by atoms with E-state index < -0.39 is 16.0 Å². The van der Waals surface area contributed by atoms with Gasteiger partial charge in [-0.1, -0.05) is 13.3 Å². The summed E-state index contributed by atoms with van der Waals surface area (Å²) in [4.78, 5) is 11.0. The van der Waals surface area contributed by atoms with Gasteiger partial charge in [-0.05, 0) is 30.5 Å². The van der Waals surface area contributed by atoms with Crippen LogP contribution < -0.4 is 9.46 Å². The first kappa shape index (κ1) is 14.8. The quantitative estimate of drug-likeness (QED) is 0.829. The van der Waals surface area contributed by atoms with Crippen LogP contribution in [0.4, 0.5) is 0 Å². The number of rotatable bonds is 6. The molecule has 6 nitrogen and oxygen atoms in total. The van der Waals surface area contributed by atoms with E-state index in [0.29, 0.717) is 5.92 Å². The Morgan fingerprint density at radius 1 is 1.50 bits per heavy atom. The van der Waals surface area contributed by atoms with Gasteiger partial charge in [0.1, 0.15) is 11.3 Å². The molecule has 0 aromatic heterocycles. The van der Waals surface area contributed by atoms with Crippen LogP contribution in [-0.4, -0.2) is 32.6 Å². The van der Waals surface area contributed by atoms with Crippen molar-refractivity contribution in [3.63, 3.8) is 0 Å². The topological polar surface area (TPSA) is 92.7 Å². The van der Waals surface area contributed by atoms with Gasteiger partial charge in [0.25, 0.3) is 0 Å². The molecule has 1 aromatic rings. The summed E-state index contributed by atoms with van der Waals surface area (Å²) in [6.45, 7) is 2.01. The second kappa shape index (κ2) is 5.41. The molecule has 0 saturated heterocycles. The molecule has 1 aliphatic carbocycles. The lowest BCUT2D eigenvalue weighted by atomic mass is 10.2. The second-order valence-electron chi connectivity index (χ2n) is 4.80. The monoisotopic (exact) mass is 299 g/mol. The van der Waals surface area contributed by atoms with Gasteiger partial charge in [-0.15, -0.1) is 0 Å². The van der Waals surface area contributed by atoms with Crippen molar-refractivity contribution in [1.29, 1.82) is 0 Å². The smallest absolute Gasteiger partial charge is 0.339 e. The maximum Gasteiger partial charge on any atom is 0.339 e. The SMILES string of the molecule is CCC1CC1NS(=O)(=O)c1ccc(OC)c(C(=O)O)c1. The Morgan fingerprint density at radius 2 is 2.20 bits per heavy atom. The van der Waals surface area contributed by atoms with Gasteiger partial charge >= 0.3 is 5.97 Å². The third-order valence-electron chi connectivity index (χ3n) is 3.47. The van der Waals surface area contributed by atoms with Gasteiger partial charge in [0.2, 0.25) is 10.0 Å². The zero-order chi connectivity index (χ0) is 14.9. The molecule has 1 saturated carbocycles. The van der Waals surface area contributed by atoms with Gasteiger partial charge in [-0.25, -0.2) is 17.9 Å². The Bertz CT molecular complexity index is 626. The van der Waals surface area contributed by atoms with E-state index >= 15 is 0 Å². The molecule has 0 radical (unpaired) electrons. The van der Waals surface area contributed by atoms with Gasteiger partial charge in [-0.3, -0.25) is 0 Å². The Labute approximate surface area is 117 Å². The van der Waals surface area contributed by atoms with Crippen molar-refractivity contribution in [2.45, 2.75) is 30.7 Å². The number of carboxylic acid groups (broad SMARTS) is 1. The number of methoxy groups -OCH3 is 1. The Balaban J connectivity index is 2.28.